The number of hydrogen-bond donors (Lipinski definition) is 2. The highest BCUT2D eigenvalue weighted by Crippen LogP contribution is 2.23. The van der Waals surface area contributed by atoms with Gasteiger partial charge in [-0.3, -0.25) is 0 Å². The van der Waals surface area contributed by atoms with Crippen LogP contribution in [0.4, 0.5) is 0 Å². The van der Waals surface area contributed by atoms with Crippen LogP contribution in [-0.2, 0) is 13.5 Å². The molecule has 1 aliphatic rings. The van der Waals surface area contributed by atoms with Crippen molar-refractivity contribution in [2.45, 2.75) is 6.42 Å². The van der Waals surface area contributed by atoms with Crippen molar-refractivity contribution >= 4 is 16.9 Å². The van der Waals surface area contributed by atoms with Gasteiger partial charge in [0.05, 0.1) is 5.56 Å². The molecular formula is C16H21N3O2. The molecule has 0 atom stereocenters. The lowest BCUT2D eigenvalue weighted by Crippen LogP contribution is -2.44. The van der Waals surface area contributed by atoms with E-state index in [1.807, 2.05) is 13.1 Å². The minimum absolute atomic E-state index is 0.358. The summed E-state index contributed by atoms with van der Waals surface area (Å²) in [4.78, 5) is 13.6. The maximum absolute atomic E-state index is 11.1. The van der Waals surface area contributed by atoms with Crippen LogP contribution in [-0.4, -0.2) is 53.3 Å². The Kier molecular flexibility index (Phi) is 3.94. The normalized spacial score (nSPS) is 16.4. The summed E-state index contributed by atoms with van der Waals surface area (Å²) in [6, 6.07) is 5.36. The van der Waals surface area contributed by atoms with Gasteiger partial charge in [0.1, 0.15) is 0 Å². The first-order valence-electron chi connectivity index (χ1n) is 7.39. The van der Waals surface area contributed by atoms with Crippen molar-refractivity contribution in [3.63, 3.8) is 0 Å². The quantitative estimate of drug-likeness (QED) is 0.890. The van der Waals surface area contributed by atoms with Gasteiger partial charge in [-0.15, -0.1) is 0 Å². The second-order valence-electron chi connectivity index (χ2n) is 5.64. The fourth-order valence-electron chi connectivity index (χ4n) is 3.02. The van der Waals surface area contributed by atoms with E-state index in [1.54, 1.807) is 12.1 Å². The number of piperazine rings is 1. The molecule has 21 heavy (non-hydrogen) atoms. The van der Waals surface area contributed by atoms with Gasteiger partial charge in [0.15, 0.2) is 0 Å². The van der Waals surface area contributed by atoms with Crippen molar-refractivity contribution in [2.24, 2.45) is 7.05 Å². The Bertz CT molecular complexity index is 657. The zero-order valence-corrected chi connectivity index (χ0v) is 12.3. The summed E-state index contributed by atoms with van der Waals surface area (Å²) >= 11 is 0. The average Bonchev–Trinajstić information content (AvgIpc) is 2.82. The van der Waals surface area contributed by atoms with Gasteiger partial charge in [-0.2, -0.15) is 0 Å². The molecule has 0 aliphatic carbocycles. The third-order valence-electron chi connectivity index (χ3n) is 4.23. The molecule has 1 aromatic heterocycles. The van der Waals surface area contributed by atoms with Gasteiger partial charge in [0.2, 0.25) is 0 Å². The van der Waals surface area contributed by atoms with E-state index in [-0.39, 0.29) is 0 Å². The first kappa shape index (κ1) is 14.1. The second kappa shape index (κ2) is 5.87. The maximum atomic E-state index is 11.1. The van der Waals surface area contributed by atoms with E-state index in [4.69, 9.17) is 5.11 Å². The smallest absolute Gasteiger partial charge is 0.335 e. The van der Waals surface area contributed by atoms with E-state index in [1.165, 1.54) is 5.56 Å². The van der Waals surface area contributed by atoms with Crippen molar-refractivity contribution in [2.75, 3.05) is 32.7 Å². The van der Waals surface area contributed by atoms with Crippen LogP contribution < -0.4 is 5.32 Å². The van der Waals surface area contributed by atoms with Crippen molar-refractivity contribution in [3.8, 4) is 0 Å². The highest BCUT2D eigenvalue weighted by atomic mass is 16.4. The van der Waals surface area contributed by atoms with Crippen LogP contribution in [0.15, 0.2) is 24.4 Å². The molecule has 2 aromatic rings. The number of fused-ring (bicyclic) bond motifs is 1. The SMILES string of the molecule is Cn1cc(CCN2CCNCC2)c2cc(C(=O)O)ccc21. The summed E-state index contributed by atoms with van der Waals surface area (Å²) in [5, 5.41) is 13.6. The number of carboxylic acids is 1. The number of hydrogen-bond acceptors (Lipinski definition) is 3. The Labute approximate surface area is 124 Å². The summed E-state index contributed by atoms with van der Waals surface area (Å²) < 4.78 is 2.08. The Morgan fingerprint density at radius 1 is 1.33 bits per heavy atom. The number of rotatable bonds is 4. The molecule has 0 amide bonds. The molecule has 1 saturated heterocycles. The fraction of sp³-hybridized carbons (Fsp3) is 0.438. The Balaban J connectivity index is 1.83. The van der Waals surface area contributed by atoms with Gasteiger partial charge in [0.25, 0.3) is 0 Å². The van der Waals surface area contributed by atoms with Gasteiger partial charge in [-0.1, -0.05) is 0 Å². The lowest BCUT2D eigenvalue weighted by atomic mass is 10.1. The minimum Gasteiger partial charge on any atom is -0.478 e. The average molecular weight is 287 g/mol. The number of nitrogens with one attached hydrogen (secondary N) is 1. The van der Waals surface area contributed by atoms with Gasteiger partial charge in [-0.05, 0) is 30.2 Å². The number of carbonyl (C=O) groups is 1. The summed E-state index contributed by atoms with van der Waals surface area (Å²) in [5.41, 5.74) is 2.68. The summed E-state index contributed by atoms with van der Waals surface area (Å²) in [6.45, 7) is 5.31. The molecule has 1 aliphatic heterocycles. The summed E-state index contributed by atoms with van der Waals surface area (Å²) in [5.74, 6) is -0.867. The zero-order valence-electron chi connectivity index (χ0n) is 12.3. The fourth-order valence-corrected chi connectivity index (χ4v) is 3.02. The molecule has 3 rings (SSSR count). The summed E-state index contributed by atoms with van der Waals surface area (Å²) in [6.07, 6.45) is 3.08. The van der Waals surface area contributed by atoms with Crippen LogP contribution in [0.25, 0.3) is 10.9 Å². The topological polar surface area (TPSA) is 57.5 Å². The first-order valence-corrected chi connectivity index (χ1v) is 7.39. The van der Waals surface area contributed by atoms with Crippen LogP contribution in [0.3, 0.4) is 0 Å². The van der Waals surface area contributed by atoms with E-state index in [9.17, 15) is 4.79 Å². The highest BCUT2D eigenvalue weighted by Gasteiger charge is 2.13. The number of carboxylic acid groups (broad SMARTS) is 1. The van der Waals surface area contributed by atoms with Gasteiger partial charge < -0.3 is 19.9 Å². The second-order valence-corrected chi connectivity index (χ2v) is 5.64. The monoisotopic (exact) mass is 287 g/mol. The van der Waals surface area contributed by atoms with Crippen LogP contribution >= 0.6 is 0 Å². The molecule has 1 fully saturated rings. The lowest BCUT2D eigenvalue weighted by molar-refractivity contribution is 0.0697. The van der Waals surface area contributed by atoms with E-state index >= 15 is 0 Å². The first-order chi connectivity index (χ1) is 10.1. The Morgan fingerprint density at radius 3 is 2.81 bits per heavy atom. The number of aromatic carboxylic acids is 1. The van der Waals surface area contributed by atoms with Gasteiger partial charge >= 0.3 is 5.97 Å². The van der Waals surface area contributed by atoms with Crippen molar-refractivity contribution in [1.29, 1.82) is 0 Å². The number of aromatic nitrogens is 1. The van der Waals surface area contributed by atoms with Crippen molar-refractivity contribution in [3.05, 3.63) is 35.5 Å². The molecule has 5 nitrogen and oxygen atoms in total. The Morgan fingerprint density at radius 2 is 2.10 bits per heavy atom. The third-order valence-corrected chi connectivity index (χ3v) is 4.23. The van der Waals surface area contributed by atoms with E-state index in [2.05, 4.69) is 21.0 Å². The molecule has 2 N–H and O–H groups in total. The molecule has 5 heteroatoms. The third kappa shape index (κ3) is 2.94. The van der Waals surface area contributed by atoms with Crippen LogP contribution in [0.5, 0.6) is 0 Å². The molecule has 0 radical (unpaired) electrons. The predicted molar refractivity (Wildman–Crippen MR) is 82.9 cm³/mol. The molecule has 0 saturated carbocycles. The van der Waals surface area contributed by atoms with Crippen LogP contribution in [0, 0.1) is 0 Å². The van der Waals surface area contributed by atoms with Crippen LogP contribution in [0.2, 0.25) is 0 Å². The van der Waals surface area contributed by atoms with E-state index < -0.39 is 5.97 Å². The van der Waals surface area contributed by atoms with Crippen molar-refractivity contribution < 1.29 is 9.90 Å². The molecular weight excluding hydrogens is 266 g/mol. The summed E-state index contributed by atoms with van der Waals surface area (Å²) in [7, 11) is 2.01. The van der Waals surface area contributed by atoms with E-state index in [0.29, 0.717) is 5.56 Å². The maximum Gasteiger partial charge on any atom is 0.335 e. The molecule has 2 heterocycles. The molecule has 0 unspecified atom stereocenters. The van der Waals surface area contributed by atoms with Gasteiger partial charge in [-0.25, -0.2) is 4.79 Å². The van der Waals surface area contributed by atoms with Gasteiger partial charge in [0, 0.05) is 56.9 Å². The Hall–Kier alpha value is -1.85. The van der Waals surface area contributed by atoms with Crippen molar-refractivity contribution in [1.82, 2.24) is 14.8 Å². The lowest BCUT2D eigenvalue weighted by Gasteiger charge is -2.26. The molecule has 0 bridgehead atoms. The molecule has 112 valence electrons. The standard InChI is InChI=1S/C16H21N3O2/c1-18-11-13(4-7-19-8-5-17-6-9-19)14-10-12(16(20)21)2-3-15(14)18/h2-3,10-11,17H,4-9H2,1H3,(H,20,21). The number of nitrogens with zero attached hydrogens (tertiary/aromatic N) is 2. The highest BCUT2D eigenvalue weighted by molar-refractivity contribution is 5.94. The van der Waals surface area contributed by atoms with Crippen LogP contribution in [0.1, 0.15) is 15.9 Å². The number of aryl methyl sites for hydroxylation is 1. The predicted octanol–water partition coefficient (Wildman–Crippen LogP) is 1.32. The molecule has 0 spiro atoms. The zero-order chi connectivity index (χ0) is 14.8. The molecule has 1 aromatic carbocycles. The minimum atomic E-state index is -0.867. The van der Waals surface area contributed by atoms with E-state index in [0.717, 1.165) is 50.0 Å². The number of benzene rings is 1. The largest absolute Gasteiger partial charge is 0.478 e.